The third kappa shape index (κ3) is 2.11. The van der Waals surface area contributed by atoms with Crippen molar-refractivity contribution in [2.45, 2.75) is 71.6 Å². The molecular weight excluding hydrogens is 306 g/mol. The molecule has 4 rings (SSSR count). The molecule has 0 aromatic carbocycles. The molecule has 134 valence electrons. The van der Waals surface area contributed by atoms with E-state index in [9.17, 15) is 10.1 Å². The molecule has 0 spiro atoms. The van der Waals surface area contributed by atoms with Gasteiger partial charge in [-0.1, -0.05) is 25.5 Å². The number of rotatable bonds is 2. The third-order valence-corrected chi connectivity index (χ3v) is 9.03. The molecule has 0 aromatic rings. The number of carbonyl (C=O) groups excluding carboxylic acids is 1. The van der Waals surface area contributed by atoms with Crippen molar-refractivity contribution < 1.29 is 4.79 Å². The number of nitriles is 1. The van der Waals surface area contributed by atoms with E-state index in [-0.39, 0.29) is 16.2 Å². The van der Waals surface area contributed by atoms with Crippen molar-refractivity contribution in [3.05, 3.63) is 24.3 Å². The van der Waals surface area contributed by atoms with E-state index in [4.69, 9.17) is 0 Å². The molecule has 0 heterocycles. The normalized spacial score (nSPS) is 48.6. The molecule has 0 bridgehead atoms. The second-order valence-electron chi connectivity index (χ2n) is 9.65. The van der Waals surface area contributed by atoms with E-state index in [1.165, 1.54) is 24.8 Å². The molecular formula is C23H31NO. The molecule has 3 fully saturated rings. The van der Waals surface area contributed by atoms with Crippen LogP contribution in [-0.4, -0.2) is 5.78 Å². The van der Waals surface area contributed by atoms with Gasteiger partial charge in [-0.15, -0.1) is 6.58 Å². The Kier molecular flexibility index (Phi) is 3.80. The first kappa shape index (κ1) is 17.1. The van der Waals surface area contributed by atoms with Gasteiger partial charge in [0.15, 0.2) is 5.78 Å². The van der Waals surface area contributed by atoms with E-state index < -0.39 is 0 Å². The molecule has 3 saturated carbocycles. The summed E-state index contributed by atoms with van der Waals surface area (Å²) >= 11 is 0. The van der Waals surface area contributed by atoms with E-state index in [0.717, 1.165) is 44.4 Å². The third-order valence-electron chi connectivity index (χ3n) is 9.03. The number of hydrogen-bond acceptors (Lipinski definition) is 2. The highest BCUT2D eigenvalue weighted by Crippen LogP contribution is 2.70. The van der Waals surface area contributed by atoms with Gasteiger partial charge in [-0.2, -0.15) is 5.26 Å². The lowest BCUT2D eigenvalue weighted by Gasteiger charge is -2.59. The molecule has 2 heteroatoms. The van der Waals surface area contributed by atoms with Gasteiger partial charge in [-0.25, -0.2) is 0 Å². The molecule has 4 aliphatic carbocycles. The van der Waals surface area contributed by atoms with Crippen LogP contribution in [0.15, 0.2) is 24.3 Å². The van der Waals surface area contributed by atoms with Crippen LogP contribution < -0.4 is 0 Å². The minimum absolute atomic E-state index is 0.138. The Balaban J connectivity index is 1.69. The van der Waals surface area contributed by atoms with Crippen molar-refractivity contribution in [1.29, 1.82) is 5.26 Å². The molecule has 0 amide bonds. The quantitative estimate of drug-likeness (QED) is 0.615. The lowest BCUT2D eigenvalue weighted by Crippen LogP contribution is -2.52. The monoisotopic (exact) mass is 337 g/mol. The largest absolute Gasteiger partial charge is 0.295 e. The Labute approximate surface area is 152 Å². The van der Waals surface area contributed by atoms with Crippen LogP contribution in [0.1, 0.15) is 71.6 Å². The smallest absolute Gasteiger partial charge is 0.155 e. The van der Waals surface area contributed by atoms with E-state index in [0.29, 0.717) is 17.6 Å². The summed E-state index contributed by atoms with van der Waals surface area (Å²) in [5.74, 6) is 2.44. The first-order valence-electron chi connectivity index (χ1n) is 10.2. The Morgan fingerprint density at radius 1 is 1.20 bits per heavy atom. The number of ketones is 1. The Bertz CT molecular complexity index is 685. The SMILES string of the molecule is C=CC[C@]1(C#N)CC[C@H]2[C@@H]3CCC4=CC(=O)CC[C@]4(C)[C@H]3CC[C@@]21C. The lowest BCUT2D eigenvalue weighted by molar-refractivity contribution is -0.117. The van der Waals surface area contributed by atoms with Gasteiger partial charge in [-0.3, -0.25) is 4.79 Å². The van der Waals surface area contributed by atoms with E-state index in [2.05, 4.69) is 26.5 Å². The zero-order valence-corrected chi connectivity index (χ0v) is 15.8. The second kappa shape index (κ2) is 5.57. The molecule has 0 aromatic heterocycles. The Hall–Kier alpha value is -1.36. The molecule has 0 N–H and O–H groups in total. The van der Waals surface area contributed by atoms with Crippen LogP contribution in [0.3, 0.4) is 0 Å². The minimum Gasteiger partial charge on any atom is -0.295 e. The Morgan fingerprint density at radius 3 is 2.68 bits per heavy atom. The van der Waals surface area contributed by atoms with Gasteiger partial charge >= 0.3 is 0 Å². The number of hydrogen-bond donors (Lipinski definition) is 0. The van der Waals surface area contributed by atoms with Crippen molar-refractivity contribution in [1.82, 2.24) is 0 Å². The standard InChI is InChI=1S/C23H31NO/c1-4-10-23(15-24)13-9-20-18-6-5-16-14-17(25)7-11-21(16,2)19(18)8-12-22(20,23)3/h4,14,18-20H,1,5-13H2,2-3H3/t18-,19+,20+,21+,22+,23-/m1/s1. The molecule has 4 aliphatic rings. The van der Waals surface area contributed by atoms with Gasteiger partial charge in [-0.05, 0) is 86.0 Å². The summed E-state index contributed by atoms with van der Waals surface area (Å²) in [6.45, 7) is 8.79. The van der Waals surface area contributed by atoms with Crippen LogP contribution in [0.25, 0.3) is 0 Å². The predicted octanol–water partition coefficient (Wildman–Crippen LogP) is 5.60. The van der Waals surface area contributed by atoms with Crippen LogP contribution >= 0.6 is 0 Å². The first-order chi connectivity index (χ1) is 11.9. The zero-order valence-electron chi connectivity index (χ0n) is 15.8. The van der Waals surface area contributed by atoms with Crippen LogP contribution in [0.2, 0.25) is 0 Å². The van der Waals surface area contributed by atoms with Gasteiger partial charge in [0.25, 0.3) is 0 Å². The second-order valence-corrected chi connectivity index (χ2v) is 9.65. The summed E-state index contributed by atoms with van der Waals surface area (Å²) in [5.41, 5.74) is 1.60. The molecule has 0 aliphatic heterocycles. The van der Waals surface area contributed by atoms with Gasteiger partial charge in [0.1, 0.15) is 0 Å². The first-order valence-corrected chi connectivity index (χ1v) is 10.2. The van der Waals surface area contributed by atoms with Crippen LogP contribution in [0.5, 0.6) is 0 Å². The number of nitrogens with zero attached hydrogens (tertiary/aromatic N) is 1. The van der Waals surface area contributed by atoms with Gasteiger partial charge in [0.05, 0.1) is 11.5 Å². The summed E-state index contributed by atoms with van der Waals surface area (Å²) < 4.78 is 0. The topological polar surface area (TPSA) is 40.9 Å². The molecule has 2 nitrogen and oxygen atoms in total. The average molecular weight is 338 g/mol. The van der Waals surface area contributed by atoms with Crippen molar-refractivity contribution in [3.8, 4) is 6.07 Å². The average Bonchev–Trinajstić information content (AvgIpc) is 2.89. The van der Waals surface area contributed by atoms with Crippen LogP contribution in [-0.2, 0) is 4.79 Å². The summed E-state index contributed by atoms with van der Waals surface area (Å²) in [6.07, 6.45) is 13.5. The number of allylic oxidation sites excluding steroid dienone is 2. The lowest BCUT2D eigenvalue weighted by atomic mass is 9.45. The van der Waals surface area contributed by atoms with Crippen LogP contribution in [0, 0.1) is 45.3 Å². The maximum atomic E-state index is 11.9. The summed E-state index contributed by atoms with van der Waals surface area (Å²) in [7, 11) is 0. The highest BCUT2D eigenvalue weighted by molar-refractivity contribution is 5.91. The summed E-state index contributed by atoms with van der Waals surface area (Å²) in [5, 5.41) is 10.1. The van der Waals surface area contributed by atoms with Crippen molar-refractivity contribution in [3.63, 3.8) is 0 Å². The number of carbonyl (C=O) groups is 1. The molecule has 0 saturated heterocycles. The maximum Gasteiger partial charge on any atom is 0.155 e. The van der Waals surface area contributed by atoms with Gasteiger partial charge in [0, 0.05) is 6.42 Å². The highest BCUT2D eigenvalue weighted by Gasteiger charge is 2.64. The molecule has 6 atom stereocenters. The van der Waals surface area contributed by atoms with Gasteiger partial charge < -0.3 is 0 Å². The summed E-state index contributed by atoms with van der Waals surface area (Å²) in [6, 6.07) is 2.76. The molecule has 0 radical (unpaired) electrons. The fourth-order valence-corrected chi connectivity index (χ4v) is 7.50. The Morgan fingerprint density at radius 2 is 1.96 bits per heavy atom. The van der Waals surface area contributed by atoms with E-state index in [1.54, 1.807) is 0 Å². The minimum atomic E-state index is -0.204. The van der Waals surface area contributed by atoms with Crippen molar-refractivity contribution in [2.75, 3.05) is 0 Å². The fraction of sp³-hybridized carbons (Fsp3) is 0.739. The van der Waals surface area contributed by atoms with Gasteiger partial charge in [0.2, 0.25) is 0 Å². The van der Waals surface area contributed by atoms with E-state index >= 15 is 0 Å². The summed E-state index contributed by atoms with van der Waals surface area (Å²) in [4.78, 5) is 11.9. The predicted molar refractivity (Wildman–Crippen MR) is 99.6 cm³/mol. The maximum absolute atomic E-state index is 11.9. The van der Waals surface area contributed by atoms with E-state index in [1.807, 2.05) is 12.2 Å². The van der Waals surface area contributed by atoms with Crippen LogP contribution in [0.4, 0.5) is 0 Å². The molecule has 25 heavy (non-hydrogen) atoms. The highest BCUT2D eigenvalue weighted by atomic mass is 16.1. The number of fused-ring (bicyclic) bond motifs is 5. The fourth-order valence-electron chi connectivity index (χ4n) is 7.50. The van der Waals surface area contributed by atoms with Crippen molar-refractivity contribution >= 4 is 5.78 Å². The van der Waals surface area contributed by atoms with Crippen molar-refractivity contribution in [2.24, 2.45) is 34.0 Å². The zero-order chi connectivity index (χ0) is 17.9. The molecule has 0 unspecified atom stereocenters.